The molecule has 56 heavy (non-hydrogen) atoms. The third-order valence-electron chi connectivity index (χ3n) is 10.7. The molecule has 6 aromatic carbocycles. The van der Waals surface area contributed by atoms with E-state index < -0.39 is 0 Å². The normalized spacial score (nSPS) is 12.0. The van der Waals surface area contributed by atoms with Crippen LogP contribution in [0.1, 0.15) is 26.5 Å². The van der Waals surface area contributed by atoms with Gasteiger partial charge in [0.2, 0.25) is 0 Å². The number of phenols is 1. The van der Waals surface area contributed by atoms with Crippen molar-refractivity contribution in [3.05, 3.63) is 157 Å². The van der Waals surface area contributed by atoms with E-state index in [1.54, 1.807) is 11.3 Å². The van der Waals surface area contributed by atoms with Gasteiger partial charge < -0.3 is 9.67 Å². The largest absolute Gasteiger partial charge is 0.506 e. The van der Waals surface area contributed by atoms with Crippen molar-refractivity contribution in [1.82, 2.24) is 19.5 Å². The van der Waals surface area contributed by atoms with Gasteiger partial charge in [-0.1, -0.05) is 109 Å². The molecule has 0 spiro atoms. The number of aromatic hydroxyl groups is 1. The third kappa shape index (κ3) is 5.56. The highest BCUT2D eigenvalue weighted by molar-refractivity contribution is 7.26. The van der Waals surface area contributed by atoms with E-state index >= 15 is 0 Å². The van der Waals surface area contributed by atoms with Gasteiger partial charge in [0.05, 0.1) is 27.0 Å². The number of para-hydroxylation sites is 1. The van der Waals surface area contributed by atoms with Crippen molar-refractivity contribution in [3.8, 4) is 61.8 Å². The second-order valence-electron chi connectivity index (χ2n) is 15.4. The number of imidazole rings is 1. The van der Waals surface area contributed by atoms with E-state index in [1.807, 2.05) is 37.4 Å². The second-order valence-corrected chi connectivity index (χ2v) is 16.4. The van der Waals surface area contributed by atoms with Crippen LogP contribution in [0.3, 0.4) is 0 Å². The standard InChI is InChI=1S/C50H38N4OS/c1-30-20-25-40-43-38-16-8-9-17-39(38)46(55)44(47(43)56-49(40)52-30)48-53-45-37(18-11-19-42(45)54(48)50(2,3)4)35-14-10-15-36(28-35)41-29-34(26-27-51-41)33-23-21-32(22-24-33)31-12-6-5-7-13-31/h5-29,55H,1-4H3. The first-order valence-electron chi connectivity index (χ1n) is 18.9. The highest BCUT2D eigenvalue weighted by Gasteiger charge is 2.29. The number of nitrogens with zero attached hydrogens (tertiary/aromatic N) is 4. The Morgan fingerprint density at radius 1 is 0.589 bits per heavy atom. The molecule has 10 rings (SSSR count). The fourth-order valence-electron chi connectivity index (χ4n) is 8.15. The summed E-state index contributed by atoms with van der Waals surface area (Å²) in [7, 11) is 0. The maximum Gasteiger partial charge on any atom is 0.146 e. The monoisotopic (exact) mass is 742 g/mol. The predicted molar refractivity (Wildman–Crippen MR) is 234 cm³/mol. The fraction of sp³-hybridized carbons (Fsp3) is 0.100. The molecule has 6 heteroatoms. The Balaban J connectivity index is 1.12. The number of hydrogen-bond donors (Lipinski definition) is 1. The van der Waals surface area contributed by atoms with Crippen LogP contribution in [0.25, 0.3) is 98.1 Å². The Morgan fingerprint density at radius 2 is 1.27 bits per heavy atom. The van der Waals surface area contributed by atoms with Gasteiger partial charge in [-0.2, -0.15) is 0 Å². The van der Waals surface area contributed by atoms with Gasteiger partial charge in [-0.25, -0.2) is 9.97 Å². The maximum absolute atomic E-state index is 12.2. The summed E-state index contributed by atoms with van der Waals surface area (Å²) in [5.74, 6) is 0.974. The molecule has 0 unspecified atom stereocenters. The molecule has 4 heterocycles. The lowest BCUT2D eigenvalue weighted by molar-refractivity contribution is 0.412. The number of phenolic OH excluding ortho intramolecular Hbond substituents is 1. The molecule has 0 aliphatic heterocycles. The molecule has 0 radical (unpaired) electrons. The van der Waals surface area contributed by atoms with Crippen molar-refractivity contribution in [2.75, 3.05) is 0 Å². The smallest absolute Gasteiger partial charge is 0.146 e. The van der Waals surface area contributed by atoms with E-state index in [2.05, 4.69) is 147 Å². The Kier molecular flexibility index (Phi) is 7.87. The van der Waals surface area contributed by atoms with Gasteiger partial charge in [0.25, 0.3) is 0 Å². The topological polar surface area (TPSA) is 63.8 Å². The Bertz CT molecular complexity index is 3130. The minimum atomic E-state index is -0.357. The molecule has 0 aliphatic carbocycles. The molecule has 0 fully saturated rings. The van der Waals surface area contributed by atoms with Crippen LogP contribution in [0.5, 0.6) is 5.75 Å². The SMILES string of the molecule is Cc1ccc2c(n1)sc1c(-c3nc4c(-c5cccc(-c6cc(-c7ccc(-c8ccccc8)cc7)ccn6)c5)cccc4n3C(C)(C)C)c(O)c3ccccc3c12. The molecule has 0 amide bonds. The molecular formula is C50H38N4OS. The number of pyridine rings is 2. The minimum absolute atomic E-state index is 0.237. The van der Waals surface area contributed by atoms with Gasteiger partial charge in [0.15, 0.2) is 0 Å². The van der Waals surface area contributed by atoms with Crippen molar-refractivity contribution in [3.63, 3.8) is 0 Å². The summed E-state index contributed by atoms with van der Waals surface area (Å²) in [5.41, 5.74) is 11.9. The van der Waals surface area contributed by atoms with E-state index in [-0.39, 0.29) is 11.3 Å². The number of aryl methyl sites for hydroxylation is 1. The molecule has 0 bridgehead atoms. The molecule has 4 aromatic heterocycles. The summed E-state index contributed by atoms with van der Waals surface area (Å²) < 4.78 is 3.27. The van der Waals surface area contributed by atoms with Crippen molar-refractivity contribution in [1.29, 1.82) is 0 Å². The van der Waals surface area contributed by atoms with Crippen LogP contribution < -0.4 is 0 Å². The Morgan fingerprint density at radius 3 is 2.05 bits per heavy atom. The molecule has 0 saturated carbocycles. The average molecular weight is 743 g/mol. The van der Waals surface area contributed by atoms with Crippen molar-refractivity contribution < 1.29 is 5.11 Å². The van der Waals surface area contributed by atoms with Crippen LogP contribution >= 0.6 is 11.3 Å². The number of rotatable bonds is 5. The molecule has 270 valence electrons. The molecule has 0 atom stereocenters. The highest BCUT2D eigenvalue weighted by atomic mass is 32.1. The number of hydrogen-bond acceptors (Lipinski definition) is 5. The number of thiophene rings is 1. The van der Waals surface area contributed by atoms with Crippen LogP contribution in [0.15, 0.2) is 152 Å². The minimum Gasteiger partial charge on any atom is -0.506 e. The van der Waals surface area contributed by atoms with E-state index in [4.69, 9.17) is 15.0 Å². The summed E-state index contributed by atoms with van der Waals surface area (Å²) >= 11 is 1.62. The highest BCUT2D eigenvalue weighted by Crippen LogP contribution is 2.50. The van der Waals surface area contributed by atoms with Gasteiger partial charge in [0.1, 0.15) is 16.4 Å². The van der Waals surface area contributed by atoms with E-state index in [0.717, 1.165) is 92.7 Å². The van der Waals surface area contributed by atoms with Crippen LogP contribution in [0.2, 0.25) is 0 Å². The molecular weight excluding hydrogens is 705 g/mol. The van der Waals surface area contributed by atoms with Crippen LogP contribution in [-0.2, 0) is 5.54 Å². The first kappa shape index (κ1) is 33.9. The Labute approximate surface area is 329 Å². The lowest BCUT2D eigenvalue weighted by Crippen LogP contribution is -2.22. The summed E-state index contributed by atoms with van der Waals surface area (Å²) in [6, 6.07) is 50.7. The lowest BCUT2D eigenvalue weighted by atomic mass is 9.97. The van der Waals surface area contributed by atoms with Gasteiger partial charge in [-0.05, 0) is 97.3 Å². The first-order chi connectivity index (χ1) is 27.2. The van der Waals surface area contributed by atoms with Crippen LogP contribution in [0, 0.1) is 6.92 Å². The number of benzene rings is 6. The molecule has 10 aromatic rings. The molecule has 0 saturated heterocycles. The molecule has 1 N–H and O–H groups in total. The van der Waals surface area contributed by atoms with E-state index in [1.165, 1.54) is 11.1 Å². The molecule has 5 nitrogen and oxygen atoms in total. The predicted octanol–water partition coefficient (Wildman–Crippen LogP) is 13.5. The average Bonchev–Trinajstić information content (AvgIpc) is 3.80. The van der Waals surface area contributed by atoms with E-state index in [9.17, 15) is 5.11 Å². The fourth-order valence-corrected chi connectivity index (χ4v) is 9.43. The van der Waals surface area contributed by atoms with Crippen LogP contribution in [0.4, 0.5) is 0 Å². The van der Waals surface area contributed by atoms with Gasteiger partial charge in [-0.15, -0.1) is 11.3 Å². The quantitative estimate of drug-likeness (QED) is 0.191. The van der Waals surface area contributed by atoms with E-state index in [0.29, 0.717) is 0 Å². The van der Waals surface area contributed by atoms with Crippen molar-refractivity contribution in [2.45, 2.75) is 33.2 Å². The zero-order chi connectivity index (χ0) is 38.1. The summed E-state index contributed by atoms with van der Waals surface area (Å²) in [5, 5.41) is 16.2. The summed E-state index contributed by atoms with van der Waals surface area (Å²) in [6.07, 6.45) is 1.89. The maximum atomic E-state index is 12.2. The molecule has 0 aliphatic rings. The number of aromatic nitrogens is 4. The second kappa shape index (κ2) is 13.0. The van der Waals surface area contributed by atoms with Crippen molar-refractivity contribution >= 4 is 53.4 Å². The third-order valence-corrected chi connectivity index (χ3v) is 11.9. The van der Waals surface area contributed by atoms with Crippen LogP contribution in [-0.4, -0.2) is 24.6 Å². The van der Waals surface area contributed by atoms with Crippen molar-refractivity contribution in [2.24, 2.45) is 0 Å². The zero-order valence-corrected chi connectivity index (χ0v) is 32.4. The van der Waals surface area contributed by atoms with Gasteiger partial charge >= 0.3 is 0 Å². The van der Waals surface area contributed by atoms with Gasteiger partial charge in [-0.3, -0.25) is 4.98 Å². The zero-order valence-electron chi connectivity index (χ0n) is 31.6. The summed E-state index contributed by atoms with van der Waals surface area (Å²) in [4.78, 5) is 16.2. The summed E-state index contributed by atoms with van der Waals surface area (Å²) in [6.45, 7) is 8.62. The number of fused-ring (bicyclic) bond motifs is 6. The first-order valence-corrected chi connectivity index (χ1v) is 19.7. The lowest BCUT2D eigenvalue weighted by Gasteiger charge is -2.25. The Hall–Kier alpha value is -6.63. The van der Waals surface area contributed by atoms with Gasteiger partial charge in [0, 0.05) is 44.7 Å².